The Bertz CT molecular complexity index is 601. The molecule has 1 aromatic carbocycles. The summed E-state index contributed by atoms with van der Waals surface area (Å²) in [6.45, 7) is 3.18. The second-order valence-electron chi connectivity index (χ2n) is 4.91. The number of aliphatic carboxylic acids is 1. The molecule has 2 N–H and O–H groups in total. The van der Waals surface area contributed by atoms with Gasteiger partial charge in [0.1, 0.15) is 0 Å². The van der Waals surface area contributed by atoms with E-state index in [4.69, 9.17) is 19.4 Å². The van der Waals surface area contributed by atoms with Crippen molar-refractivity contribution in [3.8, 4) is 11.5 Å². The van der Waals surface area contributed by atoms with Gasteiger partial charge in [0.05, 0.1) is 14.2 Å². The first-order valence-corrected chi connectivity index (χ1v) is 7.22. The quantitative estimate of drug-likeness (QED) is 0.843. The summed E-state index contributed by atoms with van der Waals surface area (Å²) in [4.78, 5) is 23.0. The van der Waals surface area contributed by atoms with E-state index in [2.05, 4.69) is 5.32 Å². The summed E-state index contributed by atoms with van der Waals surface area (Å²) in [5.74, 6) is -1.50. The third-order valence-electron chi connectivity index (χ3n) is 3.28. The maximum Gasteiger partial charge on any atom is 0.490 e. The largest absolute Gasteiger partial charge is 0.493 e. The third-order valence-corrected chi connectivity index (χ3v) is 3.28. The maximum absolute atomic E-state index is 12.3. The molecule has 1 aliphatic rings. The number of hydrogen-bond acceptors (Lipinski definition) is 5. The van der Waals surface area contributed by atoms with Crippen LogP contribution in [-0.4, -0.2) is 68.5 Å². The molecule has 0 aromatic heterocycles. The van der Waals surface area contributed by atoms with Crippen LogP contribution in [0.15, 0.2) is 18.2 Å². The van der Waals surface area contributed by atoms with E-state index in [-0.39, 0.29) is 5.91 Å². The van der Waals surface area contributed by atoms with Gasteiger partial charge in [-0.15, -0.1) is 0 Å². The van der Waals surface area contributed by atoms with Crippen LogP contribution in [0.2, 0.25) is 0 Å². The van der Waals surface area contributed by atoms with Crippen LogP contribution in [0.3, 0.4) is 0 Å². The van der Waals surface area contributed by atoms with Crippen LogP contribution in [0.25, 0.3) is 0 Å². The molecule has 10 heteroatoms. The number of halogens is 3. The molecule has 1 aromatic rings. The third kappa shape index (κ3) is 6.14. The highest BCUT2D eigenvalue weighted by Crippen LogP contribution is 2.28. The van der Waals surface area contributed by atoms with E-state index in [1.165, 1.54) is 0 Å². The lowest BCUT2D eigenvalue weighted by atomic mass is 10.1. The van der Waals surface area contributed by atoms with Crippen LogP contribution in [0.5, 0.6) is 11.5 Å². The number of nitrogens with zero attached hydrogens (tertiary/aromatic N) is 1. The highest BCUT2D eigenvalue weighted by atomic mass is 19.4. The number of methoxy groups -OCH3 is 2. The number of piperazine rings is 1. The fourth-order valence-corrected chi connectivity index (χ4v) is 2.02. The van der Waals surface area contributed by atoms with E-state index in [1.807, 2.05) is 4.90 Å². The SMILES string of the molecule is COc1ccc(C(=O)N2CCNCC2)cc1OC.O=C(O)C(F)(F)F. The molecule has 1 heterocycles. The Hall–Kier alpha value is -2.49. The second-order valence-corrected chi connectivity index (χ2v) is 4.91. The molecule has 25 heavy (non-hydrogen) atoms. The molecule has 0 bridgehead atoms. The molecular weight excluding hydrogens is 345 g/mol. The fraction of sp³-hybridized carbons (Fsp3) is 0.467. The van der Waals surface area contributed by atoms with Crippen molar-refractivity contribution in [3.05, 3.63) is 23.8 Å². The van der Waals surface area contributed by atoms with Gasteiger partial charge in [0.15, 0.2) is 11.5 Å². The average Bonchev–Trinajstić information content (AvgIpc) is 2.61. The van der Waals surface area contributed by atoms with E-state index < -0.39 is 12.1 Å². The van der Waals surface area contributed by atoms with Crippen LogP contribution in [0, 0.1) is 0 Å². The highest BCUT2D eigenvalue weighted by molar-refractivity contribution is 5.95. The summed E-state index contributed by atoms with van der Waals surface area (Å²) in [5, 5.41) is 10.3. The topological polar surface area (TPSA) is 88.1 Å². The first-order valence-electron chi connectivity index (χ1n) is 7.22. The molecular formula is C15H19F3N2O5. The molecule has 0 aliphatic carbocycles. The average molecular weight is 364 g/mol. The minimum absolute atomic E-state index is 0.0393. The Balaban J connectivity index is 0.000000381. The Labute approximate surface area is 142 Å². The Morgan fingerprint density at radius 2 is 1.64 bits per heavy atom. The number of carboxylic acid groups (broad SMARTS) is 1. The van der Waals surface area contributed by atoms with Gasteiger partial charge in [0, 0.05) is 31.7 Å². The van der Waals surface area contributed by atoms with Gasteiger partial charge in [-0.25, -0.2) is 4.79 Å². The molecule has 0 atom stereocenters. The number of carbonyl (C=O) groups is 2. The van der Waals surface area contributed by atoms with Gasteiger partial charge in [0.25, 0.3) is 5.91 Å². The van der Waals surface area contributed by atoms with Gasteiger partial charge in [-0.1, -0.05) is 0 Å². The smallest absolute Gasteiger partial charge is 0.490 e. The molecule has 0 saturated carbocycles. The molecule has 2 rings (SSSR count). The lowest BCUT2D eigenvalue weighted by Gasteiger charge is -2.27. The minimum Gasteiger partial charge on any atom is -0.493 e. The first-order chi connectivity index (χ1) is 11.7. The summed E-state index contributed by atoms with van der Waals surface area (Å²) in [7, 11) is 3.15. The van der Waals surface area contributed by atoms with Crippen LogP contribution >= 0.6 is 0 Å². The second kappa shape index (κ2) is 9.11. The van der Waals surface area contributed by atoms with E-state index in [0.29, 0.717) is 17.1 Å². The Kier molecular flexibility index (Phi) is 7.49. The number of rotatable bonds is 3. The molecule has 1 saturated heterocycles. The highest BCUT2D eigenvalue weighted by Gasteiger charge is 2.38. The molecule has 0 radical (unpaired) electrons. The summed E-state index contributed by atoms with van der Waals surface area (Å²) >= 11 is 0. The zero-order chi connectivity index (χ0) is 19.0. The first kappa shape index (κ1) is 20.6. The number of alkyl halides is 3. The molecule has 1 aliphatic heterocycles. The van der Waals surface area contributed by atoms with Crippen molar-refractivity contribution in [3.63, 3.8) is 0 Å². The van der Waals surface area contributed by atoms with Crippen molar-refractivity contribution in [1.29, 1.82) is 0 Å². The number of nitrogens with one attached hydrogen (secondary N) is 1. The van der Waals surface area contributed by atoms with Crippen LogP contribution < -0.4 is 14.8 Å². The number of benzene rings is 1. The molecule has 7 nitrogen and oxygen atoms in total. The van der Waals surface area contributed by atoms with Crippen molar-refractivity contribution >= 4 is 11.9 Å². The van der Waals surface area contributed by atoms with Crippen molar-refractivity contribution in [2.24, 2.45) is 0 Å². The molecule has 1 amide bonds. The molecule has 140 valence electrons. The Morgan fingerprint density at radius 1 is 1.12 bits per heavy atom. The fourth-order valence-electron chi connectivity index (χ4n) is 2.02. The predicted octanol–water partition coefficient (Wildman–Crippen LogP) is 1.38. The maximum atomic E-state index is 12.3. The molecule has 1 fully saturated rings. The van der Waals surface area contributed by atoms with Crippen LogP contribution in [-0.2, 0) is 4.79 Å². The van der Waals surface area contributed by atoms with E-state index in [0.717, 1.165) is 26.2 Å². The summed E-state index contributed by atoms with van der Waals surface area (Å²) in [6, 6.07) is 5.25. The summed E-state index contributed by atoms with van der Waals surface area (Å²) in [6.07, 6.45) is -5.08. The van der Waals surface area contributed by atoms with Crippen LogP contribution in [0.1, 0.15) is 10.4 Å². The van der Waals surface area contributed by atoms with Crippen molar-refractivity contribution in [2.45, 2.75) is 6.18 Å². The minimum atomic E-state index is -5.08. The molecule has 0 spiro atoms. The number of carbonyl (C=O) groups excluding carboxylic acids is 1. The zero-order valence-electron chi connectivity index (χ0n) is 13.7. The van der Waals surface area contributed by atoms with Crippen LogP contribution in [0.4, 0.5) is 13.2 Å². The number of carboxylic acids is 1. The van der Waals surface area contributed by atoms with E-state index in [1.54, 1.807) is 32.4 Å². The standard InChI is InChI=1S/C13H18N2O3.C2HF3O2/c1-17-11-4-3-10(9-12(11)18-2)13(16)15-7-5-14-6-8-15;3-2(4,5)1(6)7/h3-4,9,14H,5-8H2,1-2H3;(H,6,7). The predicted molar refractivity (Wildman–Crippen MR) is 82.0 cm³/mol. The lowest BCUT2D eigenvalue weighted by Crippen LogP contribution is -2.46. The Morgan fingerprint density at radius 3 is 2.08 bits per heavy atom. The monoisotopic (exact) mass is 364 g/mol. The van der Waals surface area contributed by atoms with Gasteiger partial charge in [0.2, 0.25) is 0 Å². The normalized spacial score (nSPS) is 14.2. The lowest BCUT2D eigenvalue weighted by molar-refractivity contribution is -0.192. The van der Waals surface area contributed by atoms with Crippen molar-refractivity contribution in [2.75, 3.05) is 40.4 Å². The zero-order valence-corrected chi connectivity index (χ0v) is 13.7. The van der Waals surface area contributed by atoms with E-state index >= 15 is 0 Å². The van der Waals surface area contributed by atoms with Gasteiger partial charge >= 0.3 is 12.1 Å². The van der Waals surface area contributed by atoms with Crippen molar-refractivity contribution in [1.82, 2.24) is 10.2 Å². The van der Waals surface area contributed by atoms with Crippen molar-refractivity contribution < 1.29 is 37.3 Å². The number of amides is 1. The summed E-state index contributed by atoms with van der Waals surface area (Å²) < 4.78 is 42.1. The van der Waals surface area contributed by atoms with Gasteiger partial charge < -0.3 is 24.8 Å². The van der Waals surface area contributed by atoms with Gasteiger partial charge in [-0.3, -0.25) is 4.79 Å². The van der Waals surface area contributed by atoms with Gasteiger partial charge in [-0.05, 0) is 18.2 Å². The molecule has 0 unspecified atom stereocenters. The number of ether oxygens (including phenoxy) is 2. The van der Waals surface area contributed by atoms with E-state index in [9.17, 15) is 18.0 Å². The van der Waals surface area contributed by atoms with Gasteiger partial charge in [-0.2, -0.15) is 13.2 Å². The summed E-state index contributed by atoms with van der Waals surface area (Å²) in [5.41, 5.74) is 0.634. The number of hydrogen-bond donors (Lipinski definition) is 2.